The quantitative estimate of drug-likeness (QED) is 0.514. The van der Waals surface area contributed by atoms with Gasteiger partial charge in [0.25, 0.3) is 0 Å². The van der Waals surface area contributed by atoms with E-state index in [1.165, 1.54) is 0 Å². The third-order valence-electron chi connectivity index (χ3n) is 6.30. The largest absolute Gasteiger partial charge is 0.381 e. The van der Waals surface area contributed by atoms with Crippen LogP contribution in [0.1, 0.15) is 45.2 Å². The van der Waals surface area contributed by atoms with E-state index < -0.39 is 21.3 Å². The highest BCUT2D eigenvalue weighted by Crippen LogP contribution is 2.49. The maximum absolute atomic E-state index is 12.9. The molecule has 0 unspecified atom stereocenters. The average Bonchev–Trinajstić information content (AvgIpc) is 3.61. The topological polar surface area (TPSA) is 114 Å². The maximum atomic E-state index is 12.9. The van der Waals surface area contributed by atoms with Gasteiger partial charge in [0.2, 0.25) is 15.9 Å². The van der Waals surface area contributed by atoms with Gasteiger partial charge in [0.1, 0.15) is 5.82 Å². The number of ether oxygens (including phenoxy) is 1. The lowest BCUT2D eigenvalue weighted by Gasteiger charge is -2.38. The van der Waals surface area contributed by atoms with Crippen molar-refractivity contribution in [2.24, 2.45) is 5.92 Å². The SMILES string of the molecule is CC(C)CN(c1ccc(C2(C(=O)NS(C)(=O)=O)CC2)nc1Nc1ccc(Cl)cn1)C1CCOCC1. The number of amides is 1. The molecule has 0 atom stereocenters. The van der Waals surface area contributed by atoms with E-state index in [2.05, 4.69) is 33.8 Å². The molecule has 1 aliphatic heterocycles. The Morgan fingerprint density at radius 2 is 1.94 bits per heavy atom. The van der Waals surface area contributed by atoms with Crippen molar-refractivity contribution in [1.82, 2.24) is 14.7 Å². The van der Waals surface area contributed by atoms with Crippen molar-refractivity contribution in [1.29, 1.82) is 0 Å². The van der Waals surface area contributed by atoms with E-state index in [0.29, 0.717) is 60.4 Å². The van der Waals surface area contributed by atoms with E-state index in [1.807, 2.05) is 12.1 Å². The van der Waals surface area contributed by atoms with Crippen molar-refractivity contribution in [2.75, 3.05) is 36.2 Å². The normalized spacial score (nSPS) is 17.7. The molecule has 0 bridgehead atoms. The molecule has 11 heteroatoms. The van der Waals surface area contributed by atoms with Gasteiger partial charge in [-0.3, -0.25) is 9.52 Å². The summed E-state index contributed by atoms with van der Waals surface area (Å²) in [7, 11) is -3.67. The molecule has 2 N–H and O–H groups in total. The molecule has 3 heterocycles. The molecular weight excluding hydrogens is 490 g/mol. The van der Waals surface area contributed by atoms with Crippen LogP contribution in [0.5, 0.6) is 0 Å². The smallest absolute Gasteiger partial charge is 0.245 e. The molecule has 2 aliphatic rings. The van der Waals surface area contributed by atoms with Gasteiger partial charge in [-0.25, -0.2) is 18.4 Å². The van der Waals surface area contributed by atoms with Crippen molar-refractivity contribution in [2.45, 2.75) is 51.0 Å². The second-order valence-electron chi connectivity index (χ2n) is 9.73. The molecule has 2 aromatic rings. The summed E-state index contributed by atoms with van der Waals surface area (Å²) in [6, 6.07) is 7.63. The first kappa shape index (κ1) is 25.7. The number of nitrogens with zero attached hydrogens (tertiary/aromatic N) is 3. The Morgan fingerprint density at radius 3 is 2.51 bits per heavy atom. The minimum atomic E-state index is -3.67. The van der Waals surface area contributed by atoms with E-state index in [-0.39, 0.29) is 0 Å². The van der Waals surface area contributed by atoms with Gasteiger partial charge in [-0.05, 0) is 55.9 Å². The molecule has 35 heavy (non-hydrogen) atoms. The second-order valence-corrected chi connectivity index (χ2v) is 11.9. The Kier molecular flexibility index (Phi) is 7.54. The number of halogens is 1. The van der Waals surface area contributed by atoms with Crippen LogP contribution in [0.4, 0.5) is 17.3 Å². The summed E-state index contributed by atoms with van der Waals surface area (Å²) in [5.41, 5.74) is 0.494. The number of hydrogen-bond donors (Lipinski definition) is 2. The minimum Gasteiger partial charge on any atom is -0.381 e. The molecular formula is C24H32ClN5O4S. The van der Waals surface area contributed by atoms with Crippen LogP contribution >= 0.6 is 11.6 Å². The molecule has 4 rings (SSSR count). The highest BCUT2D eigenvalue weighted by molar-refractivity contribution is 7.89. The fourth-order valence-corrected chi connectivity index (χ4v) is 5.08. The lowest BCUT2D eigenvalue weighted by molar-refractivity contribution is -0.121. The van der Waals surface area contributed by atoms with Crippen molar-refractivity contribution in [3.8, 4) is 0 Å². The van der Waals surface area contributed by atoms with Gasteiger partial charge in [-0.2, -0.15) is 0 Å². The first-order valence-electron chi connectivity index (χ1n) is 11.8. The maximum Gasteiger partial charge on any atom is 0.245 e. The standard InChI is InChI=1S/C24H32ClN5O4S/c1-16(2)15-30(18-8-12-34-13-9-18)19-5-6-20(24(10-11-24)23(31)29-35(3,32)33)27-22(19)28-21-7-4-17(25)14-26-21/h4-7,14,16,18H,8-13,15H2,1-3H3,(H,29,31)(H,26,27,28). The van der Waals surface area contributed by atoms with Crippen LogP contribution in [0.25, 0.3) is 0 Å². The van der Waals surface area contributed by atoms with Crippen LogP contribution in [0.3, 0.4) is 0 Å². The number of hydrogen-bond acceptors (Lipinski definition) is 8. The fourth-order valence-electron chi connectivity index (χ4n) is 4.44. The van der Waals surface area contributed by atoms with E-state index in [4.69, 9.17) is 21.3 Å². The number of carbonyl (C=O) groups excluding carboxylic acids is 1. The predicted octanol–water partition coefficient (Wildman–Crippen LogP) is 3.62. The zero-order chi connectivity index (χ0) is 25.2. The summed E-state index contributed by atoms with van der Waals surface area (Å²) in [6.45, 7) is 6.60. The van der Waals surface area contributed by atoms with Crippen LogP contribution in [-0.2, 0) is 25.0 Å². The molecule has 1 saturated carbocycles. The Balaban J connectivity index is 1.75. The summed E-state index contributed by atoms with van der Waals surface area (Å²) in [6.07, 6.45) is 5.43. The molecule has 0 aromatic carbocycles. The van der Waals surface area contributed by atoms with Crippen molar-refractivity contribution >= 4 is 44.9 Å². The summed E-state index contributed by atoms with van der Waals surface area (Å²) < 4.78 is 31.1. The molecule has 1 amide bonds. The van der Waals surface area contributed by atoms with E-state index in [1.54, 1.807) is 18.3 Å². The Morgan fingerprint density at radius 1 is 1.23 bits per heavy atom. The zero-order valence-electron chi connectivity index (χ0n) is 20.3. The van der Waals surface area contributed by atoms with Crippen LogP contribution in [0.2, 0.25) is 5.02 Å². The van der Waals surface area contributed by atoms with E-state index in [9.17, 15) is 13.2 Å². The molecule has 2 fully saturated rings. The Bertz CT molecular complexity index is 1160. The van der Waals surface area contributed by atoms with Gasteiger partial charge in [0.15, 0.2) is 5.82 Å². The lowest BCUT2D eigenvalue weighted by atomic mass is 9.99. The minimum absolute atomic E-state index is 0.293. The summed E-state index contributed by atoms with van der Waals surface area (Å²) in [5.74, 6) is 1.01. The highest BCUT2D eigenvalue weighted by Gasteiger charge is 2.53. The van der Waals surface area contributed by atoms with Crippen LogP contribution < -0.4 is 14.9 Å². The van der Waals surface area contributed by atoms with Gasteiger partial charge in [0.05, 0.1) is 28.1 Å². The van der Waals surface area contributed by atoms with E-state index in [0.717, 1.165) is 31.3 Å². The number of pyridine rings is 2. The summed E-state index contributed by atoms with van der Waals surface area (Å²) in [5, 5.41) is 3.84. The monoisotopic (exact) mass is 521 g/mol. The third-order valence-corrected chi connectivity index (χ3v) is 7.08. The summed E-state index contributed by atoms with van der Waals surface area (Å²) in [4.78, 5) is 24.5. The highest BCUT2D eigenvalue weighted by atomic mass is 35.5. The molecule has 190 valence electrons. The van der Waals surface area contributed by atoms with Gasteiger partial charge in [-0.15, -0.1) is 0 Å². The molecule has 1 aliphatic carbocycles. The Labute approximate surface area is 211 Å². The van der Waals surface area contributed by atoms with Crippen LogP contribution in [0.15, 0.2) is 30.5 Å². The van der Waals surface area contributed by atoms with Gasteiger partial charge in [-0.1, -0.05) is 25.4 Å². The van der Waals surface area contributed by atoms with E-state index >= 15 is 0 Å². The molecule has 2 aromatic heterocycles. The number of aromatic nitrogens is 2. The predicted molar refractivity (Wildman–Crippen MR) is 137 cm³/mol. The molecule has 1 saturated heterocycles. The fraction of sp³-hybridized carbons (Fsp3) is 0.542. The van der Waals surface area contributed by atoms with Crippen LogP contribution in [-0.4, -0.2) is 56.3 Å². The second kappa shape index (κ2) is 10.3. The van der Waals surface area contributed by atoms with Crippen molar-refractivity contribution in [3.05, 3.63) is 41.2 Å². The number of anilines is 3. The Hall–Kier alpha value is -2.43. The number of rotatable bonds is 9. The number of nitrogens with one attached hydrogen (secondary N) is 2. The van der Waals surface area contributed by atoms with Gasteiger partial charge in [0, 0.05) is 32.0 Å². The molecule has 0 radical (unpaired) electrons. The average molecular weight is 522 g/mol. The summed E-state index contributed by atoms with van der Waals surface area (Å²) >= 11 is 6.02. The van der Waals surface area contributed by atoms with Crippen molar-refractivity contribution in [3.63, 3.8) is 0 Å². The van der Waals surface area contributed by atoms with Gasteiger partial charge >= 0.3 is 0 Å². The van der Waals surface area contributed by atoms with Crippen molar-refractivity contribution < 1.29 is 17.9 Å². The number of carbonyl (C=O) groups is 1. The third kappa shape index (κ3) is 6.23. The van der Waals surface area contributed by atoms with Gasteiger partial charge < -0.3 is 15.0 Å². The van der Waals surface area contributed by atoms with Crippen LogP contribution in [0, 0.1) is 5.92 Å². The first-order chi connectivity index (χ1) is 16.6. The first-order valence-corrected chi connectivity index (χ1v) is 14.1. The molecule has 0 spiro atoms. The lowest BCUT2D eigenvalue weighted by Crippen LogP contribution is -2.42. The number of sulfonamides is 1. The zero-order valence-corrected chi connectivity index (χ0v) is 21.8. The molecule has 9 nitrogen and oxygen atoms in total.